The van der Waals surface area contributed by atoms with Crippen LogP contribution in [0.3, 0.4) is 0 Å². The molecule has 1 nitrogen and oxygen atoms in total. The fraction of sp³-hybridized carbons (Fsp3) is 1.00. The highest BCUT2D eigenvalue weighted by atomic mass is 16.3. The average molecular weight is 114 g/mol. The summed E-state index contributed by atoms with van der Waals surface area (Å²) < 4.78 is 0. The van der Waals surface area contributed by atoms with Crippen LogP contribution < -0.4 is 0 Å². The van der Waals surface area contributed by atoms with E-state index in [-0.39, 0.29) is 6.10 Å². The lowest BCUT2D eigenvalue weighted by Gasteiger charge is -1.99. The van der Waals surface area contributed by atoms with E-state index in [0.29, 0.717) is 0 Å². The molecule has 1 aliphatic carbocycles. The fourth-order valence-corrected chi connectivity index (χ4v) is 0.883. The summed E-state index contributed by atoms with van der Waals surface area (Å²) in [5.41, 5.74) is 0. The molecular weight excluding hydrogens is 100 g/mol. The molecule has 1 atom stereocenters. The maximum absolute atomic E-state index is 8.83. The minimum Gasteiger partial charge on any atom is -0.393 e. The number of hydrogen-bond acceptors (Lipinski definition) is 1. The molecule has 1 fully saturated rings. The first-order chi connectivity index (χ1) is 3.79. The Morgan fingerprint density at radius 3 is 2.62 bits per heavy atom. The topological polar surface area (TPSA) is 20.2 Å². The van der Waals surface area contributed by atoms with E-state index < -0.39 is 0 Å². The summed E-state index contributed by atoms with van der Waals surface area (Å²) in [6.07, 6.45) is 5.00. The van der Waals surface area contributed by atoms with Gasteiger partial charge in [0.25, 0.3) is 0 Å². The molecule has 1 N–H and O–H groups in total. The standard InChI is InChI=1S/C7H14O/c1-6(8)2-3-7-4-5-7/h6-8H,2-5H2,1H3. The summed E-state index contributed by atoms with van der Waals surface area (Å²) >= 11 is 0. The molecule has 0 saturated heterocycles. The van der Waals surface area contributed by atoms with E-state index in [1.54, 1.807) is 0 Å². The summed E-state index contributed by atoms with van der Waals surface area (Å²) in [4.78, 5) is 0. The van der Waals surface area contributed by atoms with Gasteiger partial charge in [-0.1, -0.05) is 12.8 Å². The summed E-state index contributed by atoms with van der Waals surface area (Å²) in [7, 11) is 0. The summed E-state index contributed by atoms with van der Waals surface area (Å²) in [5, 5.41) is 8.83. The predicted octanol–water partition coefficient (Wildman–Crippen LogP) is 1.56. The minimum absolute atomic E-state index is 0.0735. The van der Waals surface area contributed by atoms with Gasteiger partial charge in [0.2, 0.25) is 0 Å². The van der Waals surface area contributed by atoms with Crippen LogP contribution in [0.1, 0.15) is 32.6 Å². The molecule has 8 heavy (non-hydrogen) atoms. The number of aliphatic hydroxyl groups excluding tert-OH is 1. The Kier molecular flexibility index (Phi) is 1.90. The van der Waals surface area contributed by atoms with E-state index in [4.69, 9.17) is 5.11 Å². The molecule has 0 aromatic heterocycles. The van der Waals surface area contributed by atoms with Gasteiger partial charge in [0.05, 0.1) is 6.10 Å². The number of hydrogen-bond donors (Lipinski definition) is 1. The predicted molar refractivity (Wildman–Crippen MR) is 33.6 cm³/mol. The molecule has 0 aliphatic heterocycles. The van der Waals surface area contributed by atoms with Gasteiger partial charge in [-0.2, -0.15) is 0 Å². The highest BCUT2D eigenvalue weighted by Crippen LogP contribution is 2.33. The van der Waals surface area contributed by atoms with E-state index in [1.807, 2.05) is 6.92 Å². The first kappa shape index (κ1) is 6.09. The van der Waals surface area contributed by atoms with Crippen molar-refractivity contribution in [2.75, 3.05) is 0 Å². The number of aliphatic hydroxyl groups is 1. The zero-order chi connectivity index (χ0) is 5.98. The molecule has 1 rings (SSSR count). The van der Waals surface area contributed by atoms with E-state index in [1.165, 1.54) is 19.3 Å². The van der Waals surface area contributed by atoms with Crippen molar-refractivity contribution < 1.29 is 5.11 Å². The Bertz CT molecular complexity index is 62.8. The van der Waals surface area contributed by atoms with Crippen molar-refractivity contribution in [1.82, 2.24) is 0 Å². The first-order valence-electron chi connectivity index (χ1n) is 3.47. The zero-order valence-electron chi connectivity index (χ0n) is 5.43. The molecule has 0 amide bonds. The lowest BCUT2D eigenvalue weighted by Crippen LogP contribution is -1.98. The summed E-state index contributed by atoms with van der Waals surface area (Å²) in [5.74, 6) is 0.976. The SMILES string of the molecule is CC(O)CCC1CC1. The largest absolute Gasteiger partial charge is 0.393 e. The average Bonchev–Trinajstić information content (AvgIpc) is 2.41. The quantitative estimate of drug-likeness (QED) is 0.590. The third-order valence-electron chi connectivity index (χ3n) is 1.69. The van der Waals surface area contributed by atoms with Crippen LogP contribution in [0.2, 0.25) is 0 Å². The molecule has 48 valence electrons. The fourth-order valence-electron chi connectivity index (χ4n) is 0.883. The van der Waals surface area contributed by atoms with Gasteiger partial charge < -0.3 is 5.11 Å². The van der Waals surface area contributed by atoms with E-state index in [0.717, 1.165) is 12.3 Å². The highest BCUT2D eigenvalue weighted by Gasteiger charge is 2.20. The monoisotopic (exact) mass is 114 g/mol. The summed E-state index contributed by atoms with van der Waals surface area (Å²) in [6, 6.07) is 0. The van der Waals surface area contributed by atoms with Gasteiger partial charge in [0.15, 0.2) is 0 Å². The van der Waals surface area contributed by atoms with Crippen LogP contribution in [0.5, 0.6) is 0 Å². The van der Waals surface area contributed by atoms with Crippen molar-refractivity contribution in [2.24, 2.45) is 5.92 Å². The third kappa shape index (κ3) is 2.31. The van der Waals surface area contributed by atoms with E-state index in [2.05, 4.69) is 0 Å². The van der Waals surface area contributed by atoms with Crippen LogP contribution in [-0.4, -0.2) is 11.2 Å². The molecule has 1 unspecified atom stereocenters. The third-order valence-corrected chi connectivity index (χ3v) is 1.69. The summed E-state index contributed by atoms with van der Waals surface area (Å²) in [6.45, 7) is 1.86. The lowest BCUT2D eigenvalue weighted by molar-refractivity contribution is 0.179. The van der Waals surface area contributed by atoms with Gasteiger partial charge in [-0.25, -0.2) is 0 Å². The van der Waals surface area contributed by atoms with E-state index >= 15 is 0 Å². The second-order valence-electron chi connectivity index (χ2n) is 2.87. The molecule has 0 spiro atoms. The molecule has 0 heterocycles. The molecule has 1 heteroatoms. The van der Waals surface area contributed by atoms with Gasteiger partial charge in [0, 0.05) is 0 Å². The van der Waals surface area contributed by atoms with Crippen molar-refractivity contribution >= 4 is 0 Å². The van der Waals surface area contributed by atoms with Gasteiger partial charge in [0.1, 0.15) is 0 Å². The van der Waals surface area contributed by atoms with Crippen LogP contribution in [0.25, 0.3) is 0 Å². The Hall–Kier alpha value is -0.0400. The van der Waals surface area contributed by atoms with Crippen molar-refractivity contribution in [3.05, 3.63) is 0 Å². The normalized spacial score (nSPS) is 23.2. The van der Waals surface area contributed by atoms with E-state index in [9.17, 15) is 0 Å². The highest BCUT2D eigenvalue weighted by molar-refractivity contribution is 4.73. The van der Waals surface area contributed by atoms with Crippen LogP contribution in [0.4, 0.5) is 0 Å². The van der Waals surface area contributed by atoms with Crippen molar-refractivity contribution in [1.29, 1.82) is 0 Å². The molecule has 0 aromatic rings. The van der Waals surface area contributed by atoms with Gasteiger partial charge in [-0.3, -0.25) is 0 Å². The molecule has 1 aliphatic rings. The van der Waals surface area contributed by atoms with Crippen molar-refractivity contribution in [3.63, 3.8) is 0 Å². The van der Waals surface area contributed by atoms with Crippen LogP contribution in [-0.2, 0) is 0 Å². The van der Waals surface area contributed by atoms with Crippen LogP contribution in [0.15, 0.2) is 0 Å². The number of rotatable bonds is 3. The second kappa shape index (κ2) is 2.49. The Morgan fingerprint density at radius 2 is 2.25 bits per heavy atom. The smallest absolute Gasteiger partial charge is 0.0512 e. The molecule has 1 saturated carbocycles. The molecular formula is C7H14O. The van der Waals surface area contributed by atoms with Gasteiger partial charge in [-0.05, 0) is 25.7 Å². The second-order valence-corrected chi connectivity index (χ2v) is 2.87. The maximum atomic E-state index is 8.83. The van der Waals surface area contributed by atoms with Gasteiger partial charge >= 0.3 is 0 Å². The van der Waals surface area contributed by atoms with Gasteiger partial charge in [-0.15, -0.1) is 0 Å². The lowest BCUT2D eigenvalue weighted by atomic mass is 10.1. The van der Waals surface area contributed by atoms with Crippen molar-refractivity contribution in [3.8, 4) is 0 Å². The molecule has 0 aromatic carbocycles. The Morgan fingerprint density at radius 1 is 1.62 bits per heavy atom. The van der Waals surface area contributed by atoms with Crippen LogP contribution in [0, 0.1) is 5.92 Å². The Balaban J connectivity index is 1.87. The minimum atomic E-state index is -0.0735. The zero-order valence-corrected chi connectivity index (χ0v) is 5.43. The Labute approximate surface area is 50.7 Å². The maximum Gasteiger partial charge on any atom is 0.0512 e. The van der Waals surface area contributed by atoms with Crippen LogP contribution >= 0.6 is 0 Å². The molecule has 0 radical (unpaired) electrons. The molecule has 0 bridgehead atoms. The first-order valence-corrected chi connectivity index (χ1v) is 3.47. The van der Waals surface area contributed by atoms with Crippen molar-refractivity contribution in [2.45, 2.75) is 38.7 Å².